The summed E-state index contributed by atoms with van der Waals surface area (Å²) in [5, 5.41) is 8.97. The highest BCUT2D eigenvalue weighted by Gasteiger charge is 2.19. The second-order valence-corrected chi connectivity index (χ2v) is 5.48. The molecule has 0 aliphatic carbocycles. The number of hydrogen-bond donors (Lipinski definition) is 1. The first kappa shape index (κ1) is 12.9. The van der Waals surface area contributed by atoms with E-state index in [1.54, 1.807) is 0 Å². The summed E-state index contributed by atoms with van der Waals surface area (Å²) in [6.45, 7) is 3.88. The Labute approximate surface area is 107 Å². The number of hydrogen-bond acceptors (Lipinski definition) is 4. The van der Waals surface area contributed by atoms with Gasteiger partial charge in [0.2, 0.25) is 0 Å². The maximum Gasteiger partial charge on any atom is 0.0985 e. The van der Waals surface area contributed by atoms with Crippen LogP contribution < -0.4 is 5.32 Å². The molecule has 1 aliphatic rings. The number of nitrogens with zero attached hydrogens (tertiary/aromatic N) is 2. The molecular formula is C12H21N3OS. The molecular weight excluding hydrogens is 234 g/mol. The first-order valence-electron chi connectivity index (χ1n) is 6.14. The number of nitrogens with one attached hydrogen (secondary N) is 1. The fourth-order valence-electron chi connectivity index (χ4n) is 2.19. The van der Waals surface area contributed by atoms with Gasteiger partial charge < -0.3 is 10.1 Å². The van der Waals surface area contributed by atoms with Crippen molar-refractivity contribution >= 4 is 11.8 Å². The molecule has 0 bridgehead atoms. The van der Waals surface area contributed by atoms with Gasteiger partial charge in [0.25, 0.3) is 0 Å². The van der Waals surface area contributed by atoms with Gasteiger partial charge in [-0.3, -0.25) is 4.68 Å². The van der Waals surface area contributed by atoms with E-state index in [4.69, 9.17) is 4.74 Å². The van der Waals surface area contributed by atoms with Crippen LogP contribution >= 0.6 is 11.8 Å². The van der Waals surface area contributed by atoms with Gasteiger partial charge >= 0.3 is 0 Å². The smallest absolute Gasteiger partial charge is 0.0985 e. The molecule has 96 valence electrons. The number of aromatic nitrogens is 2. The minimum absolute atomic E-state index is 0.428. The quantitative estimate of drug-likeness (QED) is 0.813. The zero-order chi connectivity index (χ0) is 12.3. The van der Waals surface area contributed by atoms with Crippen molar-refractivity contribution < 1.29 is 4.74 Å². The third-order valence-electron chi connectivity index (χ3n) is 3.07. The van der Waals surface area contributed by atoms with E-state index in [0.717, 1.165) is 24.6 Å². The van der Waals surface area contributed by atoms with Crippen molar-refractivity contribution in [1.29, 1.82) is 0 Å². The zero-order valence-corrected chi connectivity index (χ0v) is 11.6. The molecule has 1 aromatic rings. The molecule has 17 heavy (non-hydrogen) atoms. The van der Waals surface area contributed by atoms with Crippen LogP contribution in [0, 0.1) is 6.92 Å². The summed E-state index contributed by atoms with van der Waals surface area (Å²) < 4.78 is 7.64. The molecule has 0 aromatic carbocycles. The lowest BCUT2D eigenvalue weighted by atomic mass is 10.3. The molecule has 1 aromatic heterocycles. The predicted octanol–water partition coefficient (Wildman–Crippen LogP) is 1.72. The van der Waals surface area contributed by atoms with E-state index in [1.807, 2.05) is 30.5 Å². The van der Waals surface area contributed by atoms with E-state index in [9.17, 15) is 0 Å². The Morgan fingerprint density at radius 1 is 1.59 bits per heavy atom. The molecule has 0 amide bonds. The predicted molar refractivity (Wildman–Crippen MR) is 70.4 cm³/mol. The number of aryl methyl sites for hydroxylation is 2. The maximum atomic E-state index is 5.66. The minimum atomic E-state index is 0.428. The molecule has 2 rings (SSSR count). The highest BCUT2D eigenvalue weighted by Crippen LogP contribution is 2.28. The molecule has 1 saturated heterocycles. The second-order valence-electron chi connectivity index (χ2n) is 4.47. The molecule has 1 aliphatic heterocycles. The summed E-state index contributed by atoms with van der Waals surface area (Å²) in [6, 6.07) is 0. The fraction of sp³-hybridized carbons (Fsp3) is 0.750. The van der Waals surface area contributed by atoms with Crippen molar-refractivity contribution in [3.05, 3.63) is 11.3 Å². The maximum absolute atomic E-state index is 5.66. The lowest BCUT2D eigenvalue weighted by molar-refractivity contribution is 0.129. The molecule has 0 spiro atoms. The first-order valence-corrected chi connectivity index (χ1v) is 7.12. The Morgan fingerprint density at radius 2 is 2.41 bits per heavy atom. The van der Waals surface area contributed by atoms with Crippen molar-refractivity contribution in [2.75, 3.05) is 19.4 Å². The van der Waals surface area contributed by atoms with Crippen LogP contribution in [0.1, 0.15) is 24.1 Å². The molecule has 1 fully saturated rings. The van der Waals surface area contributed by atoms with Gasteiger partial charge in [0.05, 0.1) is 16.8 Å². The number of ether oxygens (including phenoxy) is 1. The van der Waals surface area contributed by atoms with Crippen LogP contribution in [0.5, 0.6) is 0 Å². The van der Waals surface area contributed by atoms with E-state index >= 15 is 0 Å². The fourth-order valence-corrected chi connectivity index (χ4v) is 3.42. The van der Waals surface area contributed by atoms with E-state index in [2.05, 4.69) is 17.3 Å². The van der Waals surface area contributed by atoms with Crippen LogP contribution in [0.4, 0.5) is 0 Å². The standard InChI is InChI=1S/C12H21N3OS/c1-9-11(7-13-2)12(15(3)14-9)17-8-10-5-4-6-16-10/h10,13H,4-8H2,1-3H3. The second kappa shape index (κ2) is 5.89. The molecule has 2 heterocycles. The van der Waals surface area contributed by atoms with Crippen molar-refractivity contribution in [2.24, 2.45) is 7.05 Å². The monoisotopic (exact) mass is 255 g/mol. The van der Waals surface area contributed by atoms with Crippen LogP contribution in [0.2, 0.25) is 0 Å². The lowest BCUT2D eigenvalue weighted by Gasteiger charge is -2.10. The molecule has 1 N–H and O–H groups in total. The first-order chi connectivity index (χ1) is 8.22. The lowest BCUT2D eigenvalue weighted by Crippen LogP contribution is -2.10. The van der Waals surface area contributed by atoms with Gasteiger partial charge in [0, 0.05) is 31.5 Å². The van der Waals surface area contributed by atoms with Gasteiger partial charge in [-0.05, 0) is 26.8 Å². The van der Waals surface area contributed by atoms with Gasteiger partial charge in [0.15, 0.2) is 0 Å². The normalized spacial score (nSPS) is 20.1. The molecule has 4 nitrogen and oxygen atoms in total. The molecule has 0 radical (unpaired) electrons. The topological polar surface area (TPSA) is 39.1 Å². The average molecular weight is 255 g/mol. The minimum Gasteiger partial charge on any atom is -0.377 e. The number of rotatable bonds is 5. The Kier molecular flexibility index (Phi) is 4.48. The van der Waals surface area contributed by atoms with Crippen molar-refractivity contribution in [1.82, 2.24) is 15.1 Å². The summed E-state index contributed by atoms with van der Waals surface area (Å²) in [7, 11) is 3.99. The van der Waals surface area contributed by atoms with Crippen LogP contribution in [-0.4, -0.2) is 35.3 Å². The van der Waals surface area contributed by atoms with Gasteiger partial charge in [-0.2, -0.15) is 5.10 Å². The van der Waals surface area contributed by atoms with E-state index in [-0.39, 0.29) is 0 Å². The van der Waals surface area contributed by atoms with Gasteiger partial charge in [-0.1, -0.05) is 0 Å². The summed E-state index contributed by atoms with van der Waals surface area (Å²) >= 11 is 1.87. The highest BCUT2D eigenvalue weighted by atomic mass is 32.2. The Balaban J connectivity index is 2.02. The molecule has 1 unspecified atom stereocenters. The third-order valence-corrected chi connectivity index (χ3v) is 4.39. The summed E-state index contributed by atoms with van der Waals surface area (Å²) in [6.07, 6.45) is 2.84. The van der Waals surface area contributed by atoms with Crippen molar-refractivity contribution in [3.8, 4) is 0 Å². The molecule has 5 heteroatoms. The third kappa shape index (κ3) is 3.03. The number of thioether (sulfide) groups is 1. The summed E-state index contributed by atoms with van der Waals surface area (Å²) in [5.74, 6) is 1.04. The van der Waals surface area contributed by atoms with Gasteiger partial charge in [-0.25, -0.2) is 0 Å². The van der Waals surface area contributed by atoms with E-state index in [0.29, 0.717) is 6.10 Å². The van der Waals surface area contributed by atoms with Crippen molar-refractivity contribution in [3.63, 3.8) is 0 Å². The van der Waals surface area contributed by atoms with Gasteiger partial charge in [0.1, 0.15) is 0 Å². The highest BCUT2D eigenvalue weighted by molar-refractivity contribution is 7.99. The largest absolute Gasteiger partial charge is 0.377 e. The van der Waals surface area contributed by atoms with Crippen molar-refractivity contribution in [2.45, 2.75) is 37.4 Å². The molecule has 0 saturated carbocycles. The average Bonchev–Trinajstić information content (AvgIpc) is 2.88. The van der Waals surface area contributed by atoms with Crippen LogP contribution in [0.3, 0.4) is 0 Å². The summed E-state index contributed by atoms with van der Waals surface area (Å²) in [4.78, 5) is 0. The van der Waals surface area contributed by atoms with Crippen LogP contribution in [0.25, 0.3) is 0 Å². The zero-order valence-electron chi connectivity index (χ0n) is 10.8. The van der Waals surface area contributed by atoms with Crippen LogP contribution in [-0.2, 0) is 18.3 Å². The SMILES string of the molecule is CNCc1c(C)nn(C)c1SCC1CCCO1. The Morgan fingerprint density at radius 3 is 3.06 bits per heavy atom. The van der Waals surface area contributed by atoms with Crippen LogP contribution in [0.15, 0.2) is 5.03 Å². The van der Waals surface area contributed by atoms with E-state index < -0.39 is 0 Å². The Hall–Kier alpha value is -0.520. The van der Waals surface area contributed by atoms with Gasteiger partial charge in [-0.15, -0.1) is 11.8 Å². The molecule has 1 atom stereocenters. The summed E-state index contributed by atoms with van der Waals surface area (Å²) in [5.41, 5.74) is 2.44. The Bertz CT molecular complexity index is 372. The van der Waals surface area contributed by atoms with E-state index in [1.165, 1.54) is 23.4 Å².